The molecule has 0 aliphatic carbocycles. The molecular formula is C14H13BrClN3O. The predicted molar refractivity (Wildman–Crippen MR) is 85.7 cm³/mol. The lowest BCUT2D eigenvalue weighted by Crippen LogP contribution is -2.13. The molecule has 2 aromatic rings. The average Bonchev–Trinajstić information content (AvgIpc) is 2.43. The van der Waals surface area contributed by atoms with E-state index in [2.05, 4.69) is 26.2 Å². The molecule has 6 heteroatoms. The van der Waals surface area contributed by atoms with Crippen molar-refractivity contribution in [1.82, 2.24) is 4.98 Å². The number of carbonyl (C=O) groups is 1. The standard InChI is InChI=1S/C14H13BrClN3O/c1-19(2)11-5-3-9(4-6-11)14(20)18-12-7-10(15)8-17-13(12)16/h3-8H,1-2H3,(H,18,20). The first-order valence-electron chi connectivity index (χ1n) is 5.87. The molecule has 0 atom stereocenters. The average molecular weight is 355 g/mol. The minimum atomic E-state index is -0.225. The summed E-state index contributed by atoms with van der Waals surface area (Å²) in [5.74, 6) is -0.225. The Kier molecular flexibility index (Phi) is 4.62. The van der Waals surface area contributed by atoms with Crippen molar-refractivity contribution in [3.63, 3.8) is 0 Å². The van der Waals surface area contributed by atoms with Gasteiger partial charge in [-0.1, -0.05) is 11.6 Å². The van der Waals surface area contributed by atoms with Gasteiger partial charge in [-0.15, -0.1) is 0 Å². The fourth-order valence-electron chi connectivity index (χ4n) is 1.62. The Balaban J connectivity index is 2.17. The molecule has 20 heavy (non-hydrogen) atoms. The van der Waals surface area contributed by atoms with Gasteiger partial charge in [-0.05, 0) is 46.3 Å². The van der Waals surface area contributed by atoms with E-state index in [-0.39, 0.29) is 11.1 Å². The first-order chi connectivity index (χ1) is 9.47. The van der Waals surface area contributed by atoms with E-state index in [0.717, 1.165) is 10.2 Å². The molecule has 2 rings (SSSR count). The summed E-state index contributed by atoms with van der Waals surface area (Å²) < 4.78 is 0.750. The molecule has 0 saturated carbocycles. The summed E-state index contributed by atoms with van der Waals surface area (Å²) in [5.41, 5.74) is 2.07. The predicted octanol–water partition coefficient (Wildman–Crippen LogP) is 3.82. The molecule has 1 heterocycles. The van der Waals surface area contributed by atoms with Gasteiger partial charge in [0.2, 0.25) is 0 Å². The van der Waals surface area contributed by atoms with Crippen molar-refractivity contribution in [2.45, 2.75) is 0 Å². The summed E-state index contributed by atoms with van der Waals surface area (Å²) in [4.78, 5) is 18.1. The van der Waals surface area contributed by atoms with E-state index in [0.29, 0.717) is 11.3 Å². The van der Waals surface area contributed by atoms with E-state index in [1.807, 2.05) is 31.1 Å². The van der Waals surface area contributed by atoms with E-state index in [9.17, 15) is 4.79 Å². The Morgan fingerprint density at radius 2 is 1.95 bits per heavy atom. The van der Waals surface area contributed by atoms with Crippen LogP contribution in [0.25, 0.3) is 0 Å². The Labute approximate surface area is 130 Å². The number of halogens is 2. The van der Waals surface area contributed by atoms with Crippen LogP contribution in [-0.4, -0.2) is 25.0 Å². The third-order valence-electron chi connectivity index (χ3n) is 2.70. The van der Waals surface area contributed by atoms with Crippen LogP contribution in [-0.2, 0) is 0 Å². The molecule has 0 radical (unpaired) electrons. The van der Waals surface area contributed by atoms with Crippen LogP contribution in [0.3, 0.4) is 0 Å². The molecule has 0 bridgehead atoms. The summed E-state index contributed by atoms with van der Waals surface area (Å²) in [5, 5.41) is 3.00. The third kappa shape index (κ3) is 3.49. The lowest BCUT2D eigenvalue weighted by atomic mass is 10.2. The number of rotatable bonds is 3. The van der Waals surface area contributed by atoms with Gasteiger partial charge in [-0.25, -0.2) is 4.98 Å². The first kappa shape index (κ1) is 14.8. The monoisotopic (exact) mass is 353 g/mol. The van der Waals surface area contributed by atoms with Crippen molar-refractivity contribution >= 4 is 44.8 Å². The minimum Gasteiger partial charge on any atom is -0.378 e. The maximum absolute atomic E-state index is 12.1. The minimum absolute atomic E-state index is 0.225. The van der Waals surface area contributed by atoms with Gasteiger partial charge in [0.25, 0.3) is 5.91 Å². The first-order valence-corrected chi connectivity index (χ1v) is 7.04. The van der Waals surface area contributed by atoms with Crippen LogP contribution in [0.1, 0.15) is 10.4 Å². The highest BCUT2D eigenvalue weighted by atomic mass is 79.9. The Morgan fingerprint density at radius 3 is 2.55 bits per heavy atom. The van der Waals surface area contributed by atoms with E-state index in [1.165, 1.54) is 0 Å². The molecule has 1 amide bonds. The van der Waals surface area contributed by atoms with Crippen LogP contribution < -0.4 is 10.2 Å². The van der Waals surface area contributed by atoms with Crippen molar-refractivity contribution in [2.24, 2.45) is 0 Å². The number of anilines is 2. The fourth-order valence-corrected chi connectivity index (χ4v) is 2.10. The topological polar surface area (TPSA) is 45.2 Å². The molecular weight excluding hydrogens is 342 g/mol. The number of hydrogen-bond donors (Lipinski definition) is 1. The third-order valence-corrected chi connectivity index (χ3v) is 3.43. The molecule has 4 nitrogen and oxygen atoms in total. The molecule has 104 valence electrons. The maximum Gasteiger partial charge on any atom is 0.255 e. The largest absolute Gasteiger partial charge is 0.378 e. The number of nitrogens with one attached hydrogen (secondary N) is 1. The summed E-state index contributed by atoms with van der Waals surface area (Å²) in [6, 6.07) is 9.01. The fraction of sp³-hybridized carbons (Fsp3) is 0.143. The Hall–Kier alpha value is -1.59. The Morgan fingerprint density at radius 1 is 1.30 bits per heavy atom. The number of benzene rings is 1. The second-order valence-corrected chi connectivity index (χ2v) is 5.66. The van der Waals surface area contributed by atoms with Gasteiger partial charge in [0.15, 0.2) is 5.15 Å². The van der Waals surface area contributed by atoms with Gasteiger partial charge in [0.05, 0.1) is 5.69 Å². The molecule has 0 unspecified atom stereocenters. The van der Waals surface area contributed by atoms with Gasteiger partial charge in [-0.2, -0.15) is 0 Å². The zero-order valence-electron chi connectivity index (χ0n) is 11.0. The summed E-state index contributed by atoms with van der Waals surface area (Å²) >= 11 is 9.23. The van der Waals surface area contributed by atoms with Gasteiger partial charge in [-0.3, -0.25) is 4.79 Å². The normalized spacial score (nSPS) is 10.2. The zero-order valence-corrected chi connectivity index (χ0v) is 13.4. The molecule has 1 aromatic heterocycles. The van der Waals surface area contributed by atoms with Gasteiger partial charge in [0.1, 0.15) is 0 Å². The highest BCUT2D eigenvalue weighted by molar-refractivity contribution is 9.10. The van der Waals surface area contributed by atoms with Crippen LogP contribution in [0.15, 0.2) is 41.0 Å². The number of hydrogen-bond acceptors (Lipinski definition) is 3. The molecule has 0 saturated heterocycles. The van der Waals surface area contributed by atoms with Gasteiger partial charge in [0, 0.05) is 36.0 Å². The number of carbonyl (C=O) groups excluding carboxylic acids is 1. The van der Waals surface area contributed by atoms with Crippen molar-refractivity contribution in [3.8, 4) is 0 Å². The number of pyridine rings is 1. The molecule has 0 fully saturated rings. The van der Waals surface area contributed by atoms with Crippen LogP contribution in [0, 0.1) is 0 Å². The van der Waals surface area contributed by atoms with Crippen molar-refractivity contribution in [3.05, 3.63) is 51.7 Å². The molecule has 0 aliphatic heterocycles. The van der Waals surface area contributed by atoms with Gasteiger partial charge >= 0.3 is 0 Å². The van der Waals surface area contributed by atoms with Gasteiger partial charge < -0.3 is 10.2 Å². The number of amides is 1. The second kappa shape index (κ2) is 6.24. The smallest absolute Gasteiger partial charge is 0.255 e. The highest BCUT2D eigenvalue weighted by Gasteiger charge is 2.10. The maximum atomic E-state index is 12.1. The zero-order chi connectivity index (χ0) is 14.7. The molecule has 0 aliphatic rings. The van der Waals surface area contributed by atoms with Crippen LogP contribution >= 0.6 is 27.5 Å². The number of aromatic nitrogens is 1. The Bertz CT molecular complexity index is 629. The number of nitrogens with zero attached hydrogens (tertiary/aromatic N) is 2. The lowest BCUT2D eigenvalue weighted by Gasteiger charge is -2.12. The summed E-state index contributed by atoms with van der Waals surface area (Å²) in [6.45, 7) is 0. The van der Waals surface area contributed by atoms with Crippen LogP contribution in [0.4, 0.5) is 11.4 Å². The summed E-state index contributed by atoms with van der Waals surface area (Å²) in [6.07, 6.45) is 1.57. The van der Waals surface area contributed by atoms with Crippen LogP contribution in [0.2, 0.25) is 5.15 Å². The molecule has 0 spiro atoms. The highest BCUT2D eigenvalue weighted by Crippen LogP contribution is 2.23. The van der Waals surface area contributed by atoms with E-state index < -0.39 is 0 Å². The van der Waals surface area contributed by atoms with E-state index in [1.54, 1.807) is 24.4 Å². The lowest BCUT2D eigenvalue weighted by molar-refractivity contribution is 0.102. The van der Waals surface area contributed by atoms with Crippen molar-refractivity contribution < 1.29 is 4.79 Å². The van der Waals surface area contributed by atoms with Crippen molar-refractivity contribution in [1.29, 1.82) is 0 Å². The molecule has 1 aromatic carbocycles. The quantitative estimate of drug-likeness (QED) is 0.852. The van der Waals surface area contributed by atoms with Crippen LogP contribution in [0.5, 0.6) is 0 Å². The second-order valence-electron chi connectivity index (χ2n) is 4.39. The summed E-state index contributed by atoms with van der Waals surface area (Å²) in [7, 11) is 3.89. The van der Waals surface area contributed by atoms with E-state index in [4.69, 9.17) is 11.6 Å². The van der Waals surface area contributed by atoms with Crippen molar-refractivity contribution in [2.75, 3.05) is 24.3 Å². The SMILES string of the molecule is CN(C)c1ccc(C(=O)Nc2cc(Br)cnc2Cl)cc1. The molecule has 1 N–H and O–H groups in total. The van der Waals surface area contributed by atoms with E-state index >= 15 is 0 Å².